The first-order chi connectivity index (χ1) is 7.61. The predicted octanol–water partition coefficient (Wildman–Crippen LogP) is 2.56. The van der Waals surface area contributed by atoms with E-state index >= 15 is 0 Å². The molecule has 1 aliphatic carbocycles. The molecule has 2 rings (SSSR count). The molecule has 80 valence electrons. The van der Waals surface area contributed by atoms with Gasteiger partial charge in [0.1, 0.15) is 0 Å². The van der Waals surface area contributed by atoms with Gasteiger partial charge in [-0.2, -0.15) is 0 Å². The Labute approximate surface area is 94.3 Å². The van der Waals surface area contributed by atoms with E-state index in [1.54, 1.807) is 13.8 Å². The van der Waals surface area contributed by atoms with E-state index in [2.05, 4.69) is 0 Å². The average molecular weight is 212 g/mol. The zero-order valence-corrected chi connectivity index (χ0v) is 9.28. The third-order valence-corrected chi connectivity index (χ3v) is 2.74. The molecule has 0 aromatic heterocycles. The number of Topliss-reactive ketones (excluding diaryl/α,β-unsaturated/α-hetero) is 1. The summed E-state index contributed by atoms with van der Waals surface area (Å²) in [5.41, 5.74) is 2.38. The fraction of sp³-hybridized carbons (Fsp3) is 0.143. The van der Waals surface area contributed by atoms with E-state index in [-0.39, 0.29) is 11.6 Å². The maximum absolute atomic E-state index is 12.0. The van der Waals surface area contributed by atoms with Crippen molar-refractivity contribution in [2.45, 2.75) is 13.8 Å². The lowest BCUT2D eigenvalue weighted by Crippen LogP contribution is -2.15. The molecule has 0 radical (unpaired) electrons. The Balaban J connectivity index is 2.59. The highest BCUT2D eigenvalue weighted by molar-refractivity contribution is 6.37. The molecule has 1 aromatic carbocycles. The quantitative estimate of drug-likeness (QED) is 0.670. The van der Waals surface area contributed by atoms with Gasteiger partial charge in [-0.25, -0.2) is 0 Å². The molecule has 1 aromatic rings. The summed E-state index contributed by atoms with van der Waals surface area (Å²) in [5, 5.41) is 0. The van der Waals surface area contributed by atoms with Crippen molar-refractivity contribution in [3.63, 3.8) is 0 Å². The lowest BCUT2D eigenvalue weighted by atomic mass is 9.87. The van der Waals surface area contributed by atoms with E-state index < -0.39 is 0 Å². The van der Waals surface area contributed by atoms with Crippen LogP contribution in [-0.4, -0.2) is 11.6 Å². The van der Waals surface area contributed by atoms with Crippen molar-refractivity contribution in [1.82, 2.24) is 0 Å². The highest BCUT2D eigenvalue weighted by Gasteiger charge is 2.24. The summed E-state index contributed by atoms with van der Waals surface area (Å²) < 4.78 is 0. The van der Waals surface area contributed by atoms with Crippen molar-refractivity contribution in [3.05, 3.63) is 53.1 Å². The number of hydrogen-bond acceptors (Lipinski definition) is 2. The van der Waals surface area contributed by atoms with Crippen LogP contribution in [0.25, 0.3) is 5.57 Å². The van der Waals surface area contributed by atoms with Crippen LogP contribution in [0.4, 0.5) is 0 Å². The van der Waals surface area contributed by atoms with Crippen LogP contribution in [0.2, 0.25) is 0 Å². The van der Waals surface area contributed by atoms with Crippen LogP contribution >= 0.6 is 0 Å². The summed E-state index contributed by atoms with van der Waals surface area (Å²) in [5.74, 6) is -0.126. The molecule has 0 N–H and O–H groups in total. The largest absolute Gasteiger partial charge is 0.290 e. The monoisotopic (exact) mass is 212 g/mol. The van der Waals surface area contributed by atoms with E-state index in [4.69, 9.17) is 0 Å². The van der Waals surface area contributed by atoms with Gasteiger partial charge in [-0.3, -0.25) is 9.59 Å². The second-order valence-corrected chi connectivity index (χ2v) is 3.89. The number of carbonyl (C=O) groups is 2. The maximum Gasteiger partial charge on any atom is 0.189 e. The zero-order valence-electron chi connectivity index (χ0n) is 9.28. The number of rotatable bonds is 1. The van der Waals surface area contributed by atoms with E-state index in [0.29, 0.717) is 16.7 Å². The van der Waals surface area contributed by atoms with Gasteiger partial charge in [-0.05, 0) is 25.5 Å². The number of ketones is 2. The van der Waals surface area contributed by atoms with Gasteiger partial charge in [-0.1, -0.05) is 30.3 Å². The lowest BCUT2D eigenvalue weighted by molar-refractivity contribution is -0.114. The van der Waals surface area contributed by atoms with Crippen molar-refractivity contribution in [2.24, 2.45) is 0 Å². The molecule has 1 aliphatic rings. The van der Waals surface area contributed by atoms with Gasteiger partial charge >= 0.3 is 0 Å². The van der Waals surface area contributed by atoms with Crippen molar-refractivity contribution in [1.29, 1.82) is 0 Å². The summed E-state index contributed by atoms with van der Waals surface area (Å²) >= 11 is 0. The SMILES string of the molecule is CC1=CC(=O)C(C)=C(c2ccccc2)C1=O. The molecule has 16 heavy (non-hydrogen) atoms. The minimum absolute atomic E-state index is 0.0525. The number of hydrogen-bond donors (Lipinski definition) is 0. The van der Waals surface area contributed by atoms with Gasteiger partial charge in [-0.15, -0.1) is 0 Å². The molecule has 0 amide bonds. The Morgan fingerprint density at radius 1 is 0.938 bits per heavy atom. The van der Waals surface area contributed by atoms with Crippen LogP contribution in [0.3, 0.4) is 0 Å². The molecule has 0 saturated carbocycles. The van der Waals surface area contributed by atoms with E-state index in [1.165, 1.54) is 6.08 Å². The average Bonchev–Trinajstić information content (AvgIpc) is 2.28. The second kappa shape index (κ2) is 3.89. The van der Waals surface area contributed by atoms with Crippen molar-refractivity contribution in [3.8, 4) is 0 Å². The Hall–Kier alpha value is -1.96. The standard InChI is InChI=1S/C14H12O2/c1-9-8-12(15)10(2)13(14(9)16)11-6-4-3-5-7-11/h3-8H,1-2H3. The highest BCUT2D eigenvalue weighted by atomic mass is 16.1. The van der Waals surface area contributed by atoms with Crippen LogP contribution < -0.4 is 0 Å². The molecule has 2 heteroatoms. The fourth-order valence-corrected chi connectivity index (χ4v) is 1.81. The number of benzene rings is 1. The minimum Gasteiger partial charge on any atom is -0.290 e. The van der Waals surface area contributed by atoms with Crippen LogP contribution in [0.15, 0.2) is 47.6 Å². The predicted molar refractivity (Wildman–Crippen MR) is 62.8 cm³/mol. The molecule has 0 bridgehead atoms. The molecule has 0 atom stereocenters. The number of carbonyl (C=O) groups excluding carboxylic acids is 2. The molecule has 0 spiro atoms. The third kappa shape index (κ3) is 1.63. The minimum atomic E-state index is -0.0732. The smallest absolute Gasteiger partial charge is 0.189 e. The van der Waals surface area contributed by atoms with Crippen LogP contribution in [0.5, 0.6) is 0 Å². The summed E-state index contributed by atoms with van der Waals surface area (Å²) in [7, 11) is 0. The van der Waals surface area contributed by atoms with Gasteiger partial charge in [0.15, 0.2) is 11.6 Å². The second-order valence-electron chi connectivity index (χ2n) is 3.89. The van der Waals surface area contributed by atoms with Gasteiger partial charge in [0.2, 0.25) is 0 Å². The highest BCUT2D eigenvalue weighted by Crippen LogP contribution is 2.27. The molecule has 2 nitrogen and oxygen atoms in total. The van der Waals surface area contributed by atoms with Gasteiger partial charge in [0.05, 0.1) is 0 Å². The Bertz CT molecular complexity index is 519. The van der Waals surface area contributed by atoms with Gasteiger partial charge in [0.25, 0.3) is 0 Å². The van der Waals surface area contributed by atoms with Gasteiger partial charge < -0.3 is 0 Å². The molecular weight excluding hydrogens is 200 g/mol. The maximum atomic E-state index is 12.0. The Morgan fingerprint density at radius 2 is 1.56 bits per heavy atom. The number of allylic oxidation sites excluding steroid dienone is 4. The molecule has 0 saturated heterocycles. The molecular formula is C14H12O2. The third-order valence-electron chi connectivity index (χ3n) is 2.74. The first-order valence-electron chi connectivity index (χ1n) is 5.15. The Morgan fingerprint density at radius 3 is 2.19 bits per heavy atom. The Kier molecular flexibility index (Phi) is 2.57. The van der Waals surface area contributed by atoms with Crippen molar-refractivity contribution >= 4 is 17.1 Å². The van der Waals surface area contributed by atoms with E-state index in [0.717, 1.165) is 5.56 Å². The van der Waals surface area contributed by atoms with E-state index in [9.17, 15) is 9.59 Å². The fourth-order valence-electron chi connectivity index (χ4n) is 1.81. The lowest BCUT2D eigenvalue weighted by Gasteiger charge is -2.14. The summed E-state index contributed by atoms with van der Waals surface area (Å²) in [4.78, 5) is 23.7. The summed E-state index contributed by atoms with van der Waals surface area (Å²) in [6, 6.07) is 9.31. The first kappa shape index (κ1) is 10.6. The normalized spacial score (nSPS) is 16.5. The van der Waals surface area contributed by atoms with Crippen LogP contribution in [0, 0.1) is 0 Å². The van der Waals surface area contributed by atoms with Crippen LogP contribution in [0.1, 0.15) is 19.4 Å². The molecule has 0 fully saturated rings. The zero-order chi connectivity index (χ0) is 11.7. The van der Waals surface area contributed by atoms with Crippen molar-refractivity contribution in [2.75, 3.05) is 0 Å². The molecule has 0 unspecified atom stereocenters. The summed E-state index contributed by atoms with van der Waals surface area (Å²) in [6.07, 6.45) is 1.41. The van der Waals surface area contributed by atoms with Crippen LogP contribution in [-0.2, 0) is 9.59 Å². The molecule has 0 aliphatic heterocycles. The first-order valence-corrected chi connectivity index (χ1v) is 5.15. The van der Waals surface area contributed by atoms with E-state index in [1.807, 2.05) is 30.3 Å². The van der Waals surface area contributed by atoms with Crippen molar-refractivity contribution < 1.29 is 9.59 Å². The van der Waals surface area contributed by atoms with Gasteiger partial charge in [0, 0.05) is 16.7 Å². The molecule has 0 heterocycles. The summed E-state index contributed by atoms with van der Waals surface area (Å²) in [6.45, 7) is 3.38. The topological polar surface area (TPSA) is 34.1 Å².